The van der Waals surface area contributed by atoms with Gasteiger partial charge in [0.25, 0.3) is 0 Å². The molecule has 0 aliphatic rings. The summed E-state index contributed by atoms with van der Waals surface area (Å²) in [4.78, 5) is 4.71. The number of aromatic nitrogens is 1. The Morgan fingerprint density at radius 3 is 2.48 bits per heavy atom. The summed E-state index contributed by atoms with van der Waals surface area (Å²) in [5.41, 5.74) is 9.43. The van der Waals surface area contributed by atoms with Gasteiger partial charge < -0.3 is 5.73 Å². The average molecular weight is 406 g/mol. The number of benzene rings is 2. The molecule has 0 aliphatic heterocycles. The van der Waals surface area contributed by atoms with E-state index in [0.29, 0.717) is 0 Å². The molecule has 1 unspecified atom stereocenters. The van der Waals surface area contributed by atoms with E-state index in [0.717, 1.165) is 32.0 Å². The number of nitrogens with zero attached hydrogens (tertiary/aromatic N) is 1. The Kier molecular flexibility index (Phi) is 4.38. The van der Waals surface area contributed by atoms with Crippen molar-refractivity contribution in [1.29, 1.82) is 0 Å². The third-order valence-corrected chi connectivity index (χ3v) is 4.59. The molecule has 0 spiro atoms. The van der Waals surface area contributed by atoms with Crippen molar-refractivity contribution in [1.82, 2.24) is 4.98 Å². The lowest BCUT2D eigenvalue weighted by molar-refractivity contribution is 0.696. The number of fused-ring (bicyclic) bond motifs is 1. The molecule has 2 N–H and O–H groups in total. The van der Waals surface area contributed by atoms with E-state index in [9.17, 15) is 0 Å². The molecule has 0 amide bonds. The molecule has 0 fully saturated rings. The van der Waals surface area contributed by atoms with Crippen molar-refractivity contribution in [2.45, 2.75) is 12.5 Å². The van der Waals surface area contributed by atoms with Gasteiger partial charge in [0.2, 0.25) is 0 Å². The number of hydrogen-bond donors (Lipinski definition) is 1. The van der Waals surface area contributed by atoms with E-state index in [1.165, 1.54) is 5.56 Å². The van der Waals surface area contributed by atoms with Gasteiger partial charge in [0.15, 0.2) is 0 Å². The molecule has 106 valence electrons. The third kappa shape index (κ3) is 3.34. The Balaban J connectivity index is 1.91. The average Bonchev–Trinajstić information content (AvgIpc) is 2.49. The Labute approximate surface area is 140 Å². The van der Waals surface area contributed by atoms with E-state index in [4.69, 9.17) is 10.7 Å². The van der Waals surface area contributed by atoms with Crippen LogP contribution in [-0.4, -0.2) is 4.98 Å². The van der Waals surface area contributed by atoms with Crippen LogP contribution in [0.5, 0.6) is 0 Å². The first-order valence-corrected chi connectivity index (χ1v) is 8.27. The molecule has 3 rings (SSSR count). The van der Waals surface area contributed by atoms with Gasteiger partial charge in [0.05, 0.1) is 17.3 Å². The lowest BCUT2D eigenvalue weighted by Crippen LogP contribution is -2.15. The fraction of sp³-hybridized carbons (Fsp3) is 0.118. The van der Waals surface area contributed by atoms with Crippen LogP contribution in [0.4, 0.5) is 0 Å². The van der Waals surface area contributed by atoms with Gasteiger partial charge in [-0.15, -0.1) is 0 Å². The summed E-state index contributed by atoms with van der Waals surface area (Å²) in [7, 11) is 0. The second kappa shape index (κ2) is 6.26. The zero-order valence-electron chi connectivity index (χ0n) is 11.3. The van der Waals surface area contributed by atoms with Crippen molar-refractivity contribution in [3.63, 3.8) is 0 Å². The first-order chi connectivity index (χ1) is 10.1. The SMILES string of the molecule is NC(Cc1ccc(Br)cc1)c1nc2ccccc2cc1Br. The Morgan fingerprint density at radius 2 is 1.71 bits per heavy atom. The summed E-state index contributed by atoms with van der Waals surface area (Å²) in [6.45, 7) is 0. The quantitative estimate of drug-likeness (QED) is 0.665. The standard InChI is InChI=1S/C17H14Br2N2/c18-13-7-5-11(6-8-13)9-15(20)17-14(19)10-12-3-1-2-4-16(12)21-17/h1-8,10,15H,9,20H2. The zero-order valence-corrected chi connectivity index (χ0v) is 14.4. The smallest absolute Gasteiger partial charge is 0.0723 e. The maximum atomic E-state index is 6.35. The van der Waals surface area contributed by atoms with Crippen LogP contribution in [0.2, 0.25) is 0 Å². The summed E-state index contributed by atoms with van der Waals surface area (Å²) < 4.78 is 2.04. The molecular weight excluding hydrogens is 392 g/mol. The van der Waals surface area contributed by atoms with Crippen LogP contribution in [-0.2, 0) is 6.42 Å². The molecule has 4 heteroatoms. The molecule has 1 heterocycles. The molecule has 21 heavy (non-hydrogen) atoms. The zero-order chi connectivity index (χ0) is 14.8. The van der Waals surface area contributed by atoms with Gasteiger partial charge in [0, 0.05) is 14.3 Å². The molecule has 0 aliphatic carbocycles. The van der Waals surface area contributed by atoms with E-state index < -0.39 is 0 Å². The van der Waals surface area contributed by atoms with Crippen molar-refractivity contribution in [3.05, 3.63) is 74.8 Å². The maximum absolute atomic E-state index is 6.35. The van der Waals surface area contributed by atoms with Crippen molar-refractivity contribution in [3.8, 4) is 0 Å². The first kappa shape index (κ1) is 14.7. The molecule has 0 saturated carbocycles. The van der Waals surface area contributed by atoms with Crippen molar-refractivity contribution < 1.29 is 0 Å². The molecule has 0 bridgehead atoms. The second-order valence-corrected chi connectivity index (χ2v) is 6.76. The van der Waals surface area contributed by atoms with Gasteiger partial charge in [-0.05, 0) is 52.2 Å². The van der Waals surface area contributed by atoms with E-state index >= 15 is 0 Å². The van der Waals surface area contributed by atoms with Crippen LogP contribution in [0.3, 0.4) is 0 Å². The number of nitrogens with two attached hydrogens (primary N) is 1. The highest BCUT2D eigenvalue weighted by Crippen LogP contribution is 2.27. The lowest BCUT2D eigenvalue weighted by atomic mass is 10.0. The number of rotatable bonds is 3. The highest BCUT2D eigenvalue weighted by Gasteiger charge is 2.13. The van der Waals surface area contributed by atoms with Crippen molar-refractivity contribution in [2.24, 2.45) is 5.73 Å². The van der Waals surface area contributed by atoms with Gasteiger partial charge in [0.1, 0.15) is 0 Å². The third-order valence-electron chi connectivity index (χ3n) is 3.42. The predicted octanol–water partition coefficient (Wildman–Crippen LogP) is 5.00. The highest BCUT2D eigenvalue weighted by molar-refractivity contribution is 9.10. The molecule has 1 aromatic heterocycles. The van der Waals surface area contributed by atoms with E-state index in [1.54, 1.807) is 0 Å². The topological polar surface area (TPSA) is 38.9 Å². The van der Waals surface area contributed by atoms with Gasteiger partial charge in [-0.3, -0.25) is 0 Å². The lowest BCUT2D eigenvalue weighted by Gasteiger charge is -2.14. The maximum Gasteiger partial charge on any atom is 0.0723 e. The van der Waals surface area contributed by atoms with E-state index in [1.807, 2.05) is 30.3 Å². The van der Waals surface area contributed by atoms with Crippen LogP contribution < -0.4 is 5.73 Å². The molecular formula is C17H14Br2N2. The van der Waals surface area contributed by atoms with Crippen LogP contribution in [0.1, 0.15) is 17.3 Å². The van der Waals surface area contributed by atoms with Crippen molar-refractivity contribution >= 4 is 42.8 Å². The van der Waals surface area contributed by atoms with Gasteiger partial charge in [-0.25, -0.2) is 4.98 Å². The second-order valence-electron chi connectivity index (χ2n) is 4.99. The minimum Gasteiger partial charge on any atom is -0.322 e. The number of hydrogen-bond acceptors (Lipinski definition) is 2. The first-order valence-electron chi connectivity index (χ1n) is 6.69. The number of para-hydroxylation sites is 1. The largest absolute Gasteiger partial charge is 0.322 e. The van der Waals surface area contributed by atoms with Crippen LogP contribution in [0.25, 0.3) is 10.9 Å². The van der Waals surface area contributed by atoms with Gasteiger partial charge >= 0.3 is 0 Å². The molecule has 3 aromatic rings. The number of halogens is 2. The fourth-order valence-corrected chi connectivity index (χ4v) is 3.23. The molecule has 1 atom stereocenters. The van der Waals surface area contributed by atoms with Gasteiger partial charge in [-0.2, -0.15) is 0 Å². The normalized spacial score (nSPS) is 12.5. The monoisotopic (exact) mass is 404 g/mol. The van der Waals surface area contributed by atoms with Gasteiger partial charge in [-0.1, -0.05) is 46.3 Å². The number of pyridine rings is 1. The summed E-state index contributed by atoms with van der Waals surface area (Å²) in [5.74, 6) is 0. The fourth-order valence-electron chi connectivity index (χ4n) is 2.34. The molecule has 0 saturated heterocycles. The summed E-state index contributed by atoms with van der Waals surface area (Å²) in [6, 6.07) is 18.2. The van der Waals surface area contributed by atoms with E-state index in [2.05, 4.69) is 56.1 Å². The molecule has 0 radical (unpaired) electrons. The molecule has 2 aromatic carbocycles. The van der Waals surface area contributed by atoms with Crippen LogP contribution >= 0.6 is 31.9 Å². The predicted molar refractivity (Wildman–Crippen MR) is 94.2 cm³/mol. The van der Waals surface area contributed by atoms with Crippen LogP contribution in [0.15, 0.2) is 63.5 Å². The molecule has 2 nitrogen and oxygen atoms in total. The summed E-state index contributed by atoms with van der Waals surface area (Å²) >= 11 is 7.04. The minimum absolute atomic E-state index is 0.134. The summed E-state index contributed by atoms with van der Waals surface area (Å²) in [5, 5.41) is 1.11. The summed E-state index contributed by atoms with van der Waals surface area (Å²) in [6.07, 6.45) is 0.761. The van der Waals surface area contributed by atoms with E-state index in [-0.39, 0.29) is 6.04 Å². The highest BCUT2D eigenvalue weighted by atomic mass is 79.9. The van der Waals surface area contributed by atoms with Crippen LogP contribution in [0, 0.1) is 0 Å². The van der Waals surface area contributed by atoms with Crippen molar-refractivity contribution in [2.75, 3.05) is 0 Å². The Hall–Kier alpha value is -1.23. The Bertz CT molecular complexity index is 769. The minimum atomic E-state index is -0.134. The Morgan fingerprint density at radius 1 is 1.00 bits per heavy atom.